The molecule has 20 heavy (non-hydrogen) atoms. The molecule has 0 aliphatic carbocycles. The van der Waals surface area contributed by atoms with E-state index in [1.54, 1.807) is 0 Å². The summed E-state index contributed by atoms with van der Waals surface area (Å²) >= 11 is 10.0. The molecule has 2 nitrogen and oxygen atoms in total. The van der Waals surface area contributed by atoms with Crippen LogP contribution in [0.2, 0.25) is 0 Å². The van der Waals surface area contributed by atoms with Gasteiger partial charge in [0, 0.05) is 5.33 Å². The maximum absolute atomic E-state index is 5.86. The zero-order valence-electron chi connectivity index (χ0n) is 11.7. The second-order valence-corrected chi connectivity index (χ2v) is 8.00. The Morgan fingerprint density at radius 3 is 2.30 bits per heavy atom. The fourth-order valence-corrected chi connectivity index (χ4v) is 2.45. The Kier molecular flexibility index (Phi) is 8.89. The molecule has 5 heteroatoms. The fraction of sp³-hybridized carbons (Fsp3) is 0.467. The number of unbranched alkanes of at least 4 members (excludes halogenated alkanes) is 1. The molecule has 0 aliphatic rings. The first-order valence-corrected chi connectivity index (χ1v) is 9.19. The van der Waals surface area contributed by atoms with Crippen LogP contribution in [0, 0.1) is 13.8 Å². The summed E-state index contributed by atoms with van der Waals surface area (Å²) in [5.74, 6) is 1.84. The van der Waals surface area contributed by atoms with Gasteiger partial charge in [-0.1, -0.05) is 15.9 Å². The van der Waals surface area contributed by atoms with Crippen molar-refractivity contribution < 1.29 is 9.47 Å². The van der Waals surface area contributed by atoms with Gasteiger partial charge in [-0.3, -0.25) is 0 Å². The largest absolute Gasteiger partial charge is 0.493 e. The molecule has 1 aromatic rings. The van der Waals surface area contributed by atoms with Gasteiger partial charge in [-0.05, 0) is 87.9 Å². The van der Waals surface area contributed by atoms with Crippen molar-refractivity contribution in [1.82, 2.24) is 0 Å². The average molecular weight is 471 g/mol. The molecule has 0 radical (unpaired) electrons. The highest BCUT2D eigenvalue weighted by Gasteiger charge is 2.07. The monoisotopic (exact) mass is 468 g/mol. The van der Waals surface area contributed by atoms with E-state index in [9.17, 15) is 0 Å². The van der Waals surface area contributed by atoms with Gasteiger partial charge in [0.25, 0.3) is 0 Å². The van der Waals surface area contributed by atoms with Crippen LogP contribution in [-0.2, 0) is 0 Å². The molecule has 0 saturated heterocycles. The predicted molar refractivity (Wildman–Crippen MR) is 95.9 cm³/mol. The van der Waals surface area contributed by atoms with Crippen molar-refractivity contribution in [2.24, 2.45) is 0 Å². The highest BCUT2D eigenvalue weighted by atomic mass is 79.9. The summed E-state index contributed by atoms with van der Waals surface area (Å²) in [6.07, 6.45) is 4.11. The quantitative estimate of drug-likeness (QED) is 0.349. The molecule has 0 heterocycles. The number of rotatable bonds is 8. The van der Waals surface area contributed by atoms with Crippen LogP contribution < -0.4 is 9.47 Å². The summed E-state index contributed by atoms with van der Waals surface area (Å²) in [6, 6.07) is 4.03. The number of hydrogen-bond donors (Lipinski definition) is 0. The lowest BCUT2D eigenvalue weighted by atomic mass is 10.1. The fourth-order valence-electron chi connectivity index (χ4n) is 1.79. The smallest absolute Gasteiger partial charge is 0.125 e. The molecule has 0 amide bonds. The SMILES string of the molecule is Cc1cc(OCC=C(Br)Br)cc(C)c1OCCCCBr. The maximum atomic E-state index is 5.86. The minimum Gasteiger partial charge on any atom is -0.493 e. The van der Waals surface area contributed by atoms with E-state index in [-0.39, 0.29) is 0 Å². The van der Waals surface area contributed by atoms with Crippen molar-refractivity contribution in [3.8, 4) is 11.5 Å². The van der Waals surface area contributed by atoms with E-state index in [4.69, 9.17) is 9.47 Å². The Morgan fingerprint density at radius 2 is 1.75 bits per heavy atom. The Labute approximate surface area is 146 Å². The van der Waals surface area contributed by atoms with Crippen molar-refractivity contribution >= 4 is 47.8 Å². The number of halogens is 3. The molecular weight excluding hydrogens is 452 g/mol. The van der Waals surface area contributed by atoms with Crippen LogP contribution in [0.5, 0.6) is 11.5 Å². The molecule has 0 aliphatic heterocycles. The van der Waals surface area contributed by atoms with E-state index in [0.29, 0.717) is 6.61 Å². The van der Waals surface area contributed by atoms with Gasteiger partial charge in [0.1, 0.15) is 18.1 Å². The minimum atomic E-state index is 0.524. The predicted octanol–water partition coefficient (Wildman–Crippen LogP) is 5.87. The third-order valence-corrected chi connectivity index (χ3v) is 3.90. The van der Waals surface area contributed by atoms with Crippen LogP contribution in [0.3, 0.4) is 0 Å². The zero-order valence-corrected chi connectivity index (χ0v) is 16.5. The molecule has 1 aromatic carbocycles. The molecule has 0 bridgehead atoms. The van der Waals surface area contributed by atoms with E-state index < -0.39 is 0 Å². The number of ether oxygens (including phenoxy) is 2. The summed E-state index contributed by atoms with van der Waals surface area (Å²) in [5, 5.41) is 1.03. The lowest BCUT2D eigenvalue weighted by molar-refractivity contribution is 0.304. The number of benzene rings is 1. The summed E-state index contributed by atoms with van der Waals surface area (Å²) in [6.45, 7) is 5.38. The van der Waals surface area contributed by atoms with Gasteiger partial charge in [-0.2, -0.15) is 0 Å². The summed E-state index contributed by atoms with van der Waals surface area (Å²) in [7, 11) is 0. The molecule has 0 saturated carbocycles. The van der Waals surface area contributed by atoms with Crippen LogP contribution in [0.25, 0.3) is 0 Å². The van der Waals surface area contributed by atoms with E-state index in [0.717, 1.165) is 50.8 Å². The molecule has 112 valence electrons. The van der Waals surface area contributed by atoms with Crippen LogP contribution in [-0.4, -0.2) is 18.5 Å². The Bertz CT molecular complexity index is 431. The molecule has 1 rings (SSSR count). The topological polar surface area (TPSA) is 18.5 Å². The van der Waals surface area contributed by atoms with Crippen molar-refractivity contribution in [2.45, 2.75) is 26.7 Å². The van der Waals surface area contributed by atoms with Crippen molar-refractivity contribution in [2.75, 3.05) is 18.5 Å². The molecule has 0 atom stereocenters. The molecule has 0 N–H and O–H groups in total. The molecule has 0 fully saturated rings. The van der Waals surface area contributed by atoms with Crippen LogP contribution in [0.15, 0.2) is 21.6 Å². The summed E-state index contributed by atoms with van der Waals surface area (Å²) in [5.41, 5.74) is 2.22. The van der Waals surface area contributed by atoms with E-state index >= 15 is 0 Å². The van der Waals surface area contributed by atoms with Crippen molar-refractivity contribution in [3.05, 3.63) is 32.7 Å². The highest BCUT2D eigenvalue weighted by Crippen LogP contribution is 2.28. The molecule has 0 spiro atoms. The lowest BCUT2D eigenvalue weighted by Crippen LogP contribution is -2.02. The van der Waals surface area contributed by atoms with E-state index in [1.165, 1.54) is 0 Å². The Balaban J connectivity index is 2.63. The van der Waals surface area contributed by atoms with Crippen LogP contribution >= 0.6 is 47.8 Å². The van der Waals surface area contributed by atoms with E-state index in [2.05, 4.69) is 61.6 Å². The standard InChI is InChI=1S/C15H19Br3O2/c1-11-9-13(19-8-5-14(17)18)10-12(2)15(11)20-7-4-3-6-16/h5,9-10H,3-4,6-8H2,1-2H3. The van der Waals surface area contributed by atoms with Gasteiger partial charge in [-0.25, -0.2) is 0 Å². The zero-order chi connectivity index (χ0) is 15.0. The summed E-state index contributed by atoms with van der Waals surface area (Å²) < 4.78 is 12.4. The normalized spacial score (nSPS) is 10.2. The number of aryl methyl sites for hydroxylation is 2. The van der Waals surface area contributed by atoms with Crippen molar-refractivity contribution in [3.63, 3.8) is 0 Å². The first kappa shape index (κ1) is 18.1. The van der Waals surface area contributed by atoms with Gasteiger partial charge in [0.15, 0.2) is 0 Å². The van der Waals surface area contributed by atoms with Gasteiger partial charge in [0.2, 0.25) is 0 Å². The first-order valence-electron chi connectivity index (χ1n) is 6.48. The highest BCUT2D eigenvalue weighted by molar-refractivity contribution is 9.28. The number of hydrogen-bond acceptors (Lipinski definition) is 2. The third-order valence-electron chi connectivity index (χ3n) is 2.70. The van der Waals surface area contributed by atoms with Gasteiger partial charge in [-0.15, -0.1) is 0 Å². The maximum Gasteiger partial charge on any atom is 0.125 e. The Morgan fingerprint density at radius 1 is 1.10 bits per heavy atom. The molecular formula is C15H19Br3O2. The van der Waals surface area contributed by atoms with E-state index in [1.807, 2.05) is 18.2 Å². The molecule has 0 aromatic heterocycles. The summed E-state index contributed by atoms with van der Waals surface area (Å²) in [4.78, 5) is 0. The average Bonchev–Trinajstić information content (AvgIpc) is 2.36. The van der Waals surface area contributed by atoms with Gasteiger partial charge in [0.05, 0.1) is 10.00 Å². The number of alkyl halides is 1. The first-order chi connectivity index (χ1) is 9.54. The van der Waals surface area contributed by atoms with Crippen LogP contribution in [0.1, 0.15) is 24.0 Å². The Hall–Kier alpha value is -0.000000000000000167. The second-order valence-electron chi connectivity index (χ2n) is 4.44. The van der Waals surface area contributed by atoms with Gasteiger partial charge < -0.3 is 9.47 Å². The van der Waals surface area contributed by atoms with Crippen LogP contribution in [0.4, 0.5) is 0 Å². The van der Waals surface area contributed by atoms with Gasteiger partial charge >= 0.3 is 0 Å². The third kappa shape index (κ3) is 6.64. The second kappa shape index (κ2) is 9.85. The minimum absolute atomic E-state index is 0.524. The lowest BCUT2D eigenvalue weighted by Gasteiger charge is -2.14. The molecule has 0 unspecified atom stereocenters. The van der Waals surface area contributed by atoms with Crippen molar-refractivity contribution in [1.29, 1.82) is 0 Å².